The summed E-state index contributed by atoms with van der Waals surface area (Å²) in [6.45, 7) is 0. The summed E-state index contributed by atoms with van der Waals surface area (Å²) >= 11 is 5.62. The fraction of sp³-hybridized carbons (Fsp3) is 0.267. The lowest BCUT2D eigenvalue weighted by atomic mass is 10.0. The quantitative estimate of drug-likeness (QED) is 0.873. The van der Waals surface area contributed by atoms with Gasteiger partial charge in [-0.15, -0.1) is 0 Å². The maximum absolute atomic E-state index is 11.4. The van der Waals surface area contributed by atoms with Crippen LogP contribution in [0.1, 0.15) is 17.9 Å². The third-order valence-electron chi connectivity index (χ3n) is 3.69. The van der Waals surface area contributed by atoms with E-state index >= 15 is 0 Å². The molecule has 3 nitrogen and oxygen atoms in total. The number of pyridine rings is 1. The van der Waals surface area contributed by atoms with Crippen LogP contribution in [0.3, 0.4) is 0 Å². The van der Waals surface area contributed by atoms with Crippen molar-refractivity contribution >= 4 is 11.8 Å². The van der Waals surface area contributed by atoms with Crippen molar-refractivity contribution < 1.29 is 0 Å². The normalized spacial score (nSPS) is 21.4. The maximum Gasteiger partial charge on any atom is 0.250 e. The van der Waals surface area contributed by atoms with Crippen LogP contribution >= 0.6 is 11.8 Å². The first-order valence-electron chi connectivity index (χ1n) is 6.32. The molecule has 0 radical (unpaired) electrons. The molecule has 0 aliphatic heterocycles. The molecule has 0 amide bonds. The van der Waals surface area contributed by atoms with Crippen LogP contribution in [0.5, 0.6) is 0 Å². The van der Waals surface area contributed by atoms with Gasteiger partial charge in [-0.3, -0.25) is 4.79 Å². The average molecular weight is 275 g/mol. The minimum atomic E-state index is 0.00868. The highest BCUT2D eigenvalue weighted by atomic mass is 35.5. The van der Waals surface area contributed by atoms with Gasteiger partial charge < -0.3 is 4.57 Å². The van der Waals surface area contributed by atoms with E-state index in [1.807, 2.05) is 12.3 Å². The Kier molecular flexibility index (Phi) is 3.17. The molecule has 3 rings (SSSR count). The Hall–Kier alpha value is -1.58. The average Bonchev–Trinajstić information content (AvgIpc) is 3.22. The Morgan fingerprint density at radius 1 is 1.16 bits per heavy atom. The summed E-state index contributed by atoms with van der Waals surface area (Å²) in [7, 11) is 1.77. The Balaban J connectivity index is 1.86. The fourth-order valence-electron chi connectivity index (χ4n) is 2.37. The van der Waals surface area contributed by atoms with E-state index in [1.54, 1.807) is 17.7 Å². The third kappa shape index (κ3) is 2.44. The molecule has 1 aromatic heterocycles. The first-order chi connectivity index (χ1) is 9.19. The molecule has 0 saturated heterocycles. The smallest absolute Gasteiger partial charge is 0.250 e. The number of hydrogen-bond donors (Lipinski definition) is 1. The molecule has 2 unspecified atom stereocenters. The van der Waals surface area contributed by atoms with Crippen molar-refractivity contribution in [3.8, 4) is 11.1 Å². The lowest BCUT2D eigenvalue weighted by Crippen LogP contribution is -2.13. The number of nitrogens with zero attached hydrogens (tertiary/aromatic N) is 1. The predicted octanol–water partition coefficient (Wildman–Crippen LogP) is 2.65. The van der Waals surface area contributed by atoms with E-state index in [0.29, 0.717) is 12.0 Å². The largest absolute Gasteiger partial charge is 0.318 e. The molecule has 1 saturated carbocycles. The number of halogens is 1. The fourth-order valence-corrected chi connectivity index (χ4v) is 2.61. The second-order valence-electron chi connectivity index (χ2n) is 5.05. The summed E-state index contributed by atoms with van der Waals surface area (Å²) < 4.78 is 1.59. The molecule has 1 fully saturated rings. The molecule has 2 aromatic rings. The van der Waals surface area contributed by atoms with Crippen LogP contribution < -0.4 is 10.4 Å². The molecule has 1 N–H and O–H groups in total. The molecule has 1 heterocycles. The zero-order valence-corrected chi connectivity index (χ0v) is 11.4. The SMILES string of the molecule is Cn1cc(-c2ccc(C3CC3NCl)cc2)ccc1=O. The lowest BCUT2D eigenvalue weighted by molar-refractivity contribution is 0.862. The summed E-state index contributed by atoms with van der Waals surface area (Å²) in [5, 5.41) is 0. The monoisotopic (exact) mass is 274 g/mol. The summed E-state index contributed by atoms with van der Waals surface area (Å²) in [4.78, 5) is 14.1. The molecule has 2 atom stereocenters. The molecule has 1 aromatic carbocycles. The number of benzene rings is 1. The molecular weight excluding hydrogens is 260 g/mol. The lowest BCUT2D eigenvalue weighted by Gasteiger charge is -2.05. The second-order valence-corrected chi connectivity index (χ2v) is 5.26. The minimum Gasteiger partial charge on any atom is -0.318 e. The van der Waals surface area contributed by atoms with Gasteiger partial charge in [-0.25, -0.2) is 4.84 Å². The molecule has 98 valence electrons. The minimum absolute atomic E-state index is 0.00868. The van der Waals surface area contributed by atoms with Gasteiger partial charge in [0, 0.05) is 31.3 Å². The number of nitrogens with one attached hydrogen (secondary N) is 1. The molecule has 1 aliphatic rings. The highest BCUT2D eigenvalue weighted by Crippen LogP contribution is 2.41. The van der Waals surface area contributed by atoms with Crippen LogP contribution in [0.4, 0.5) is 0 Å². The summed E-state index contributed by atoms with van der Waals surface area (Å²) in [5.74, 6) is 0.534. The van der Waals surface area contributed by atoms with Crippen molar-refractivity contribution in [3.05, 3.63) is 58.5 Å². The van der Waals surface area contributed by atoms with E-state index < -0.39 is 0 Å². The van der Waals surface area contributed by atoms with Gasteiger partial charge in [0.2, 0.25) is 5.56 Å². The summed E-state index contributed by atoms with van der Waals surface area (Å²) in [6.07, 6.45) is 2.96. The van der Waals surface area contributed by atoms with Crippen molar-refractivity contribution in [2.45, 2.75) is 18.4 Å². The van der Waals surface area contributed by atoms with E-state index in [4.69, 9.17) is 11.8 Å². The number of aryl methyl sites for hydroxylation is 1. The maximum atomic E-state index is 11.4. The van der Waals surface area contributed by atoms with Gasteiger partial charge in [-0.05, 0) is 41.0 Å². The summed E-state index contributed by atoms with van der Waals surface area (Å²) in [5.41, 5.74) is 3.49. The first-order valence-corrected chi connectivity index (χ1v) is 6.70. The van der Waals surface area contributed by atoms with E-state index in [0.717, 1.165) is 17.5 Å². The van der Waals surface area contributed by atoms with Crippen molar-refractivity contribution in [1.82, 2.24) is 9.40 Å². The highest BCUT2D eigenvalue weighted by Gasteiger charge is 2.37. The highest BCUT2D eigenvalue weighted by molar-refractivity contribution is 6.13. The van der Waals surface area contributed by atoms with Gasteiger partial charge in [-0.1, -0.05) is 24.3 Å². The van der Waals surface area contributed by atoms with Crippen LogP contribution in [0.2, 0.25) is 0 Å². The number of rotatable bonds is 3. The molecule has 0 bridgehead atoms. The van der Waals surface area contributed by atoms with Crippen LogP contribution in [-0.2, 0) is 7.05 Å². The van der Waals surface area contributed by atoms with Crippen LogP contribution in [0, 0.1) is 0 Å². The van der Waals surface area contributed by atoms with Crippen molar-refractivity contribution in [2.24, 2.45) is 7.05 Å². The van der Waals surface area contributed by atoms with Crippen molar-refractivity contribution in [2.75, 3.05) is 0 Å². The van der Waals surface area contributed by atoms with Gasteiger partial charge in [-0.2, -0.15) is 0 Å². The molecular formula is C15H15ClN2O. The van der Waals surface area contributed by atoms with Gasteiger partial charge in [0.1, 0.15) is 0 Å². The van der Waals surface area contributed by atoms with Gasteiger partial charge in [0.25, 0.3) is 0 Å². The predicted molar refractivity (Wildman–Crippen MR) is 77.3 cm³/mol. The van der Waals surface area contributed by atoms with Crippen LogP contribution in [0.25, 0.3) is 11.1 Å². The third-order valence-corrected chi connectivity index (χ3v) is 3.97. The first kappa shape index (κ1) is 12.5. The van der Waals surface area contributed by atoms with Gasteiger partial charge in [0.15, 0.2) is 0 Å². The van der Waals surface area contributed by atoms with Crippen molar-refractivity contribution in [3.63, 3.8) is 0 Å². The Morgan fingerprint density at radius 3 is 2.42 bits per heavy atom. The number of aromatic nitrogens is 1. The van der Waals surface area contributed by atoms with Crippen LogP contribution in [-0.4, -0.2) is 10.6 Å². The van der Waals surface area contributed by atoms with E-state index in [1.165, 1.54) is 5.56 Å². The van der Waals surface area contributed by atoms with Crippen molar-refractivity contribution in [1.29, 1.82) is 0 Å². The molecule has 1 aliphatic carbocycles. The van der Waals surface area contributed by atoms with Gasteiger partial charge in [0.05, 0.1) is 0 Å². The van der Waals surface area contributed by atoms with E-state index in [9.17, 15) is 4.79 Å². The Bertz CT molecular complexity index is 648. The molecule has 4 heteroatoms. The Labute approximate surface area is 116 Å². The topological polar surface area (TPSA) is 34.0 Å². The standard InChI is InChI=1S/C15H15ClN2O/c1-18-9-12(6-7-15(18)19)10-2-4-11(5-3-10)13-8-14(13)17-16/h2-7,9,13-14,17H,8H2,1H3. The second kappa shape index (κ2) is 4.83. The zero-order valence-electron chi connectivity index (χ0n) is 10.6. The van der Waals surface area contributed by atoms with Gasteiger partial charge >= 0.3 is 0 Å². The molecule has 0 spiro atoms. The zero-order chi connectivity index (χ0) is 13.4. The summed E-state index contributed by atoms with van der Waals surface area (Å²) in [6, 6.07) is 12.3. The van der Waals surface area contributed by atoms with Crippen LogP contribution in [0.15, 0.2) is 47.4 Å². The Morgan fingerprint density at radius 2 is 1.84 bits per heavy atom. The van der Waals surface area contributed by atoms with E-state index in [2.05, 4.69) is 29.1 Å². The number of hydrogen-bond acceptors (Lipinski definition) is 2. The molecule has 19 heavy (non-hydrogen) atoms. The van der Waals surface area contributed by atoms with E-state index in [-0.39, 0.29) is 5.56 Å².